The van der Waals surface area contributed by atoms with E-state index in [-0.39, 0.29) is 28.7 Å². The van der Waals surface area contributed by atoms with E-state index < -0.39 is 34.5 Å². The van der Waals surface area contributed by atoms with Crippen molar-refractivity contribution in [2.75, 3.05) is 18.7 Å². The van der Waals surface area contributed by atoms with E-state index in [1.54, 1.807) is 18.2 Å². The average molecular weight is 448 g/mol. The second kappa shape index (κ2) is 9.14. The maximum atomic E-state index is 12.3. The largest absolute Gasteiger partial charge is 0.454 e. The molecule has 0 saturated heterocycles. The van der Waals surface area contributed by atoms with Crippen LogP contribution in [0.25, 0.3) is 0 Å². The van der Waals surface area contributed by atoms with Crippen molar-refractivity contribution >= 4 is 33.4 Å². The van der Waals surface area contributed by atoms with Gasteiger partial charge in [0.2, 0.25) is 16.8 Å². The van der Waals surface area contributed by atoms with Crippen molar-refractivity contribution in [1.82, 2.24) is 4.72 Å². The molecule has 1 aliphatic rings. The molecule has 3 rings (SSSR count). The minimum atomic E-state index is -3.93. The van der Waals surface area contributed by atoms with E-state index in [1.807, 2.05) is 0 Å². The van der Waals surface area contributed by atoms with Gasteiger partial charge in [0, 0.05) is 11.6 Å². The lowest BCUT2D eigenvalue weighted by molar-refractivity contribution is -0.148. The van der Waals surface area contributed by atoms with Crippen LogP contribution >= 0.6 is 0 Å². The summed E-state index contributed by atoms with van der Waals surface area (Å²) < 4.78 is 42.1. The molecule has 31 heavy (non-hydrogen) atoms. The van der Waals surface area contributed by atoms with E-state index in [0.717, 1.165) is 0 Å². The SMILES string of the molecule is CC(=O)c1cc2c(cc1NC(=O)COC(=O)[C@H](C)NS(=O)(=O)c1ccccc1)OCO2. The van der Waals surface area contributed by atoms with Crippen LogP contribution in [-0.2, 0) is 24.3 Å². The molecule has 10 nitrogen and oxygen atoms in total. The first-order valence-corrected chi connectivity index (χ1v) is 10.6. The van der Waals surface area contributed by atoms with Crippen LogP contribution in [-0.4, -0.2) is 45.5 Å². The van der Waals surface area contributed by atoms with Gasteiger partial charge in [-0.2, -0.15) is 4.72 Å². The summed E-state index contributed by atoms with van der Waals surface area (Å²) in [5.41, 5.74) is 0.378. The highest BCUT2D eigenvalue weighted by Gasteiger charge is 2.24. The van der Waals surface area contributed by atoms with Crippen LogP contribution < -0.4 is 19.5 Å². The molecule has 164 valence electrons. The molecular formula is C20H20N2O8S. The lowest BCUT2D eigenvalue weighted by Gasteiger charge is -2.14. The number of nitrogens with one attached hydrogen (secondary N) is 2. The Balaban J connectivity index is 1.58. The highest BCUT2D eigenvalue weighted by atomic mass is 32.2. The van der Waals surface area contributed by atoms with Gasteiger partial charge in [-0.15, -0.1) is 0 Å². The number of ether oxygens (including phenoxy) is 3. The van der Waals surface area contributed by atoms with Crippen LogP contribution in [0.5, 0.6) is 11.5 Å². The Hall–Kier alpha value is -3.44. The van der Waals surface area contributed by atoms with Gasteiger partial charge in [0.15, 0.2) is 23.9 Å². The minimum Gasteiger partial charge on any atom is -0.454 e. The van der Waals surface area contributed by atoms with E-state index in [4.69, 9.17) is 14.2 Å². The molecule has 0 unspecified atom stereocenters. The molecule has 0 spiro atoms. The molecule has 11 heteroatoms. The minimum absolute atomic E-state index is 0.00152. The second-order valence-electron chi connectivity index (χ2n) is 6.62. The predicted octanol–water partition coefficient (Wildman–Crippen LogP) is 1.47. The fraction of sp³-hybridized carbons (Fsp3) is 0.250. The van der Waals surface area contributed by atoms with E-state index >= 15 is 0 Å². The van der Waals surface area contributed by atoms with Gasteiger partial charge in [-0.1, -0.05) is 18.2 Å². The van der Waals surface area contributed by atoms with Crippen molar-refractivity contribution in [3.05, 3.63) is 48.0 Å². The van der Waals surface area contributed by atoms with Crippen LogP contribution in [0.4, 0.5) is 5.69 Å². The van der Waals surface area contributed by atoms with Gasteiger partial charge in [-0.05, 0) is 32.0 Å². The zero-order valence-electron chi connectivity index (χ0n) is 16.7. The van der Waals surface area contributed by atoms with Gasteiger partial charge >= 0.3 is 5.97 Å². The molecule has 0 saturated carbocycles. The number of Topliss-reactive ketones (excluding diaryl/α,β-unsaturated/α-hetero) is 1. The number of esters is 1. The van der Waals surface area contributed by atoms with Crippen LogP contribution in [0.15, 0.2) is 47.4 Å². The highest BCUT2D eigenvalue weighted by Crippen LogP contribution is 2.37. The van der Waals surface area contributed by atoms with Gasteiger partial charge in [-0.25, -0.2) is 8.42 Å². The molecular weight excluding hydrogens is 428 g/mol. The fourth-order valence-corrected chi connectivity index (χ4v) is 3.95. The Morgan fingerprint density at radius 2 is 1.74 bits per heavy atom. The molecule has 1 aliphatic heterocycles. The topological polar surface area (TPSA) is 137 Å². The third kappa shape index (κ3) is 5.38. The predicted molar refractivity (Wildman–Crippen MR) is 108 cm³/mol. The van der Waals surface area contributed by atoms with Crippen LogP contribution in [0.2, 0.25) is 0 Å². The average Bonchev–Trinajstić information content (AvgIpc) is 3.19. The summed E-state index contributed by atoms with van der Waals surface area (Å²) in [6.07, 6.45) is 0. The normalized spacial score (nSPS) is 13.4. The number of benzene rings is 2. The van der Waals surface area contributed by atoms with Crippen molar-refractivity contribution in [2.45, 2.75) is 24.8 Å². The first kappa shape index (κ1) is 22.2. The number of ketones is 1. The number of hydrogen-bond donors (Lipinski definition) is 2. The summed E-state index contributed by atoms with van der Waals surface area (Å²) in [4.78, 5) is 36.2. The Kier molecular flexibility index (Phi) is 6.56. The van der Waals surface area contributed by atoms with Crippen molar-refractivity contribution in [3.8, 4) is 11.5 Å². The summed E-state index contributed by atoms with van der Waals surface area (Å²) >= 11 is 0. The molecule has 0 fully saturated rings. The molecule has 0 bridgehead atoms. The number of hydrogen-bond acceptors (Lipinski definition) is 8. The molecule has 0 aliphatic carbocycles. The molecule has 2 aromatic rings. The smallest absolute Gasteiger partial charge is 0.324 e. The fourth-order valence-electron chi connectivity index (χ4n) is 2.73. The second-order valence-corrected chi connectivity index (χ2v) is 8.33. The van der Waals surface area contributed by atoms with Gasteiger partial charge in [0.1, 0.15) is 6.04 Å². The lowest BCUT2D eigenvalue weighted by Crippen LogP contribution is -2.40. The molecule has 2 N–H and O–H groups in total. The Labute approximate surface area is 178 Å². The zero-order chi connectivity index (χ0) is 22.6. The van der Waals surface area contributed by atoms with E-state index in [2.05, 4.69) is 10.0 Å². The van der Waals surface area contributed by atoms with E-state index in [9.17, 15) is 22.8 Å². The summed E-state index contributed by atoms with van der Waals surface area (Å²) in [6, 6.07) is 9.18. The first-order chi connectivity index (χ1) is 14.7. The number of carbonyl (C=O) groups is 3. The first-order valence-electron chi connectivity index (χ1n) is 9.16. The molecule has 1 heterocycles. The number of carbonyl (C=O) groups excluding carboxylic acids is 3. The highest BCUT2D eigenvalue weighted by molar-refractivity contribution is 7.89. The quantitative estimate of drug-likeness (QED) is 0.457. The summed E-state index contributed by atoms with van der Waals surface area (Å²) in [6.45, 7) is 1.95. The zero-order valence-corrected chi connectivity index (χ0v) is 17.5. The molecule has 0 aromatic heterocycles. The standard InChI is InChI=1S/C20H20N2O8S/c1-12(22-31(26,27)14-6-4-3-5-7-14)20(25)28-10-19(24)21-16-9-18-17(29-11-30-18)8-15(16)13(2)23/h3-9,12,22H,10-11H2,1-2H3,(H,21,24)/t12-/m0/s1. The van der Waals surface area contributed by atoms with Gasteiger partial charge in [0.05, 0.1) is 10.6 Å². The van der Waals surface area contributed by atoms with Gasteiger partial charge < -0.3 is 19.5 Å². The molecule has 1 amide bonds. The Bertz CT molecular complexity index is 1120. The third-order valence-corrected chi connectivity index (χ3v) is 5.81. The maximum Gasteiger partial charge on any atom is 0.324 e. The van der Waals surface area contributed by atoms with Crippen molar-refractivity contribution in [2.24, 2.45) is 0 Å². The number of sulfonamides is 1. The molecule has 2 aromatic carbocycles. The summed E-state index contributed by atoms with van der Waals surface area (Å²) in [5, 5.41) is 2.48. The number of fused-ring (bicyclic) bond motifs is 1. The van der Waals surface area contributed by atoms with Crippen LogP contribution in [0.3, 0.4) is 0 Å². The Morgan fingerprint density at radius 1 is 1.10 bits per heavy atom. The third-order valence-electron chi connectivity index (χ3n) is 4.25. The maximum absolute atomic E-state index is 12.3. The number of rotatable bonds is 8. The van der Waals surface area contributed by atoms with Crippen molar-refractivity contribution in [1.29, 1.82) is 0 Å². The number of amides is 1. The van der Waals surface area contributed by atoms with Gasteiger partial charge in [-0.3, -0.25) is 14.4 Å². The summed E-state index contributed by atoms with van der Waals surface area (Å²) in [5.74, 6) is -1.22. The lowest BCUT2D eigenvalue weighted by atomic mass is 10.1. The number of anilines is 1. The van der Waals surface area contributed by atoms with E-state index in [1.165, 1.54) is 38.1 Å². The van der Waals surface area contributed by atoms with E-state index in [0.29, 0.717) is 11.5 Å². The monoisotopic (exact) mass is 448 g/mol. The van der Waals surface area contributed by atoms with Crippen molar-refractivity contribution in [3.63, 3.8) is 0 Å². The van der Waals surface area contributed by atoms with Crippen molar-refractivity contribution < 1.29 is 37.0 Å². The molecule has 1 atom stereocenters. The van der Waals surface area contributed by atoms with Crippen LogP contribution in [0.1, 0.15) is 24.2 Å². The van der Waals surface area contributed by atoms with Crippen LogP contribution in [0, 0.1) is 0 Å². The molecule has 0 radical (unpaired) electrons. The van der Waals surface area contributed by atoms with Gasteiger partial charge in [0.25, 0.3) is 5.91 Å². The Morgan fingerprint density at radius 3 is 2.39 bits per heavy atom. The summed E-state index contributed by atoms with van der Waals surface area (Å²) in [7, 11) is -3.93.